The Morgan fingerprint density at radius 1 is 1.15 bits per heavy atom. The molecule has 1 aromatic rings. The van der Waals surface area contributed by atoms with Crippen LogP contribution in [0.25, 0.3) is 0 Å². The number of alkyl halides is 3. The predicted octanol–water partition coefficient (Wildman–Crippen LogP) is 3.30. The van der Waals surface area contributed by atoms with Gasteiger partial charge in [0.1, 0.15) is 0 Å². The van der Waals surface area contributed by atoms with Crippen molar-refractivity contribution in [2.24, 2.45) is 17.8 Å². The summed E-state index contributed by atoms with van der Waals surface area (Å²) in [5, 5.41) is 11.9. The summed E-state index contributed by atoms with van der Waals surface area (Å²) in [6.07, 6.45) is -1.16. The molecule has 2 unspecified atom stereocenters. The molecule has 3 rings (SSSR count). The zero-order valence-electron chi connectivity index (χ0n) is 14.8. The summed E-state index contributed by atoms with van der Waals surface area (Å²) in [7, 11) is 0. The number of aliphatic carboxylic acids is 1. The third-order valence-electron chi connectivity index (χ3n) is 5.65. The van der Waals surface area contributed by atoms with Crippen LogP contribution in [0, 0.1) is 17.8 Å². The van der Waals surface area contributed by atoms with Gasteiger partial charge in [0.25, 0.3) is 0 Å². The van der Waals surface area contributed by atoms with Gasteiger partial charge in [-0.2, -0.15) is 13.2 Å². The van der Waals surface area contributed by atoms with Crippen LogP contribution in [0.15, 0.2) is 30.3 Å². The van der Waals surface area contributed by atoms with Gasteiger partial charge in [-0.3, -0.25) is 4.79 Å². The lowest BCUT2D eigenvalue weighted by Crippen LogP contribution is -2.46. The summed E-state index contributed by atoms with van der Waals surface area (Å²) in [5.74, 6) is -4.92. The minimum Gasteiger partial charge on any atom is -0.481 e. The Kier molecular flexibility index (Phi) is 5.62. The molecule has 1 aliphatic heterocycles. The van der Waals surface area contributed by atoms with Gasteiger partial charge in [-0.05, 0) is 30.7 Å². The van der Waals surface area contributed by atoms with E-state index in [-0.39, 0.29) is 12.0 Å². The van der Waals surface area contributed by atoms with E-state index in [4.69, 9.17) is 5.11 Å². The molecule has 2 amide bonds. The maximum absolute atomic E-state index is 13.1. The molecule has 5 nitrogen and oxygen atoms in total. The number of carboxylic acids is 1. The van der Waals surface area contributed by atoms with E-state index >= 15 is 0 Å². The highest BCUT2D eigenvalue weighted by molar-refractivity contribution is 5.78. The van der Waals surface area contributed by atoms with Crippen molar-refractivity contribution in [2.45, 2.75) is 37.9 Å². The highest BCUT2D eigenvalue weighted by Crippen LogP contribution is 2.38. The number of carbonyl (C=O) groups is 2. The molecular weight excluding hydrogens is 361 g/mol. The number of hydrogen-bond donors (Lipinski definition) is 2. The molecule has 148 valence electrons. The number of hydrogen-bond acceptors (Lipinski definition) is 2. The summed E-state index contributed by atoms with van der Waals surface area (Å²) in [4.78, 5) is 24.7. The van der Waals surface area contributed by atoms with E-state index in [0.29, 0.717) is 0 Å². The number of rotatable bonds is 4. The van der Waals surface area contributed by atoms with Crippen LogP contribution in [0.3, 0.4) is 0 Å². The molecule has 1 saturated carbocycles. The van der Waals surface area contributed by atoms with E-state index in [0.717, 1.165) is 36.1 Å². The first-order chi connectivity index (χ1) is 12.8. The maximum atomic E-state index is 13.1. The van der Waals surface area contributed by atoms with Gasteiger partial charge in [-0.15, -0.1) is 0 Å². The van der Waals surface area contributed by atoms with Crippen LogP contribution < -0.4 is 5.32 Å². The van der Waals surface area contributed by atoms with E-state index in [2.05, 4.69) is 5.32 Å². The fourth-order valence-electron chi connectivity index (χ4n) is 4.19. The van der Waals surface area contributed by atoms with Gasteiger partial charge in [-0.25, -0.2) is 4.79 Å². The normalized spacial score (nSPS) is 28.3. The largest absolute Gasteiger partial charge is 0.481 e. The lowest BCUT2D eigenvalue weighted by Gasteiger charge is -2.25. The zero-order valence-corrected chi connectivity index (χ0v) is 14.8. The van der Waals surface area contributed by atoms with Crippen LogP contribution in [0.1, 0.15) is 24.8 Å². The predicted molar refractivity (Wildman–Crippen MR) is 92.1 cm³/mol. The first-order valence-corrected chi connectivity index (χ1v) is 9.14. The van der Waals surface area contributed by atoms with Crippen molar-refractivity contribution in [1.82, 2.24) is 10.2 Å². The van der Waals surface area contributed by atoms with Crippen molar-refractivity contribution < 1.29 is 27.9 Å². The molecule has 0 spiro atoms. The van der Waals surface area contributed by atoms with Gasteiger partial charge < -0.3 is 15.3 Å². The van der Waals surface area contributed by atoms with Crippen LogP contribution >= 0.6 is 0 Å². The second-order valence-corrected chi connectivity index (χ2v) is 7.43. The minimum absolute atomic E-state index is 0.106. The van der Waals surface area contributed by atoms with E-state index in [9.17, 15) is 22.8 Å². The average Bonchev–Trinajstić information content (AvgIpc) is 3.23. The molecular formula is C19H23F3N2O3. The van der Waals surface area contributed by atoms with Gasteiger partial charge in [0.05, 0.1) is 11.8 Å². The lowest BCUT2D eigenvalue weighted by molar-refractivity contribution is -0.187. The molecule has 0 aromatic heterocycles. The van der Waals surface area contributed by atoms with Crippen molar-refractivity contribution in [3.63, 3.8) is 0 Å². The monoisotopic (exact) mass is 384 g/mol. The van der Waals surface area contributed by atoms with Crippen molar-refractivity contribution in [2.75, 3.05) is 13.1 Å². The molecule has 1 aromatic carbocycles. The van der Waals surface area contributed by atoms with Crippen LogP contribution in [0.4, 0.5) is 18.0 Å². The van der Waals surface area contributed by atoms with Crippen LogP contribution in [0.5, 0.6) is 0 Å². The molecule has 0 radical (unpaired) electrons. The van der Waals surface area contributed by atoms with Gasteiger partial charge in [0.15, 0.2) is 0 Å². The smallest absolute Gasteiger partial charge is 0.394 e. The van der Waals surface area contributed by atoms with Gasteiger partial charge >= 0.3 is 18.2 Å². The average molecular weight is 384 g/mol. The van der Waals surface area contributed by atoms with Gasteiger partial charge in [0.2, 0.25) is 0 Å². The SMILES string of the molecule is O=C(O)[C@@H]1CN(C(=O)NC2CCCC2Cc2ccccc2)C[C@H]1C(F)(F)F. The summed E-state index contributed by atoms with van der Waals surface area (Å²) < 4.78 is 39.3. The maximum Gasteiger partial charge on any atom is 0.394 e. The number of urea groups is 1. The molecule has 1 heterocycles. The zero-order chi connectivity index (χ0) is 19.6. The number of likely N-dealkylation sites (tertiary alicyclic amines) is 1. The quantitative estimate of drug-likeness (QED) is 0.837. The fourth-order valence-corrected chi connectivity index (χ4v) is 4.19. The highest BCUT2D eigenvalue weighted by atomic mass is 19.4. The van der Waals surface area contributed by atoms with Crippen LogP contribution in [-0.2, 0) is 11.2 Å². The molecule has 1 saturated heterocycles. The fraction of sp³-hybridized carbons (Fsp3) is 0.579. The third kappa shape index (κ3) is 4.54. The van der Waals surface area contributed by atoms with Crippen molar-refractivity contribution >= 4 is 12.0 Å². The first-order valence-electron chi connectivity index (χ1n) is 9.14. The van der Waals surface area contributed by atoms with Gasteiger partial charge in [-0.1, -0.05) is 36.8 Å². The number of carboxylic acid groups (broad SMARTS) is 1. The van der Waals surface area contributed by atoms with E-state index in [1.54, 1.807) is 0 Å². The van der Waals surface area contributed by atoms with Crippen molar-refractivity contribution in [1.29, 1.82) is 0 Å². The Bertz CT molecular complexity index is 681. The Morgan fingerprint density at radius 2 is 1.85 bits per heavy atom. The van der Waals surface area contributed by atoms with Crippen molar-refractivity contribution in [3.8, 4) is 0 Å². The second kappa shape index (κ2) is 7.78. The number of benzene rings is 1. The molecule has 2 fully saturated rings. The van der Waals surface area contributed by atoms with Crippen LogP contribution in [-0.4, -0.2) is 47.3 Å². The minimum atomic E-state index is -4.64. The highest BCUT2D eigenvalue weighted by Gasteiger charge is 2.53. The summed E-state index contributed by atoms with van der Waals surface area (Å²) >= 11 is 0. The topological polar surface area (TPSA) is 69.6 Å². The Hall–Kier alpha value is -2.25. The third-order valence-corrected chi connectivity index (χ3v) is 5.65. The molecule has 2 N–H and O–H groups in total. The number of nitrogens with one attached hydrogen (secondary N) is 1. The number of halogens is 3. The molecule has 8 heteroatoms. The van der Waals surface area contributed by atoms with Gasteiger partial charge in [0, 0.05) is 19.1 Å². The summed E-state index contributed by atoms with van der Waals surface area (Å²) in [5.41, 5.74) is 1.16. The second-order valence-electron chi connectivity index (χ2n) is 7.43. The Labute approximate surface area is 155 Å². The molecule has 0 bridgehead atoms. The van der Waals surface area contributed by atoms with Crippen molar-refractivity contribution in [3.05, 3.63) is 35.9 Å². The molecule has 27 heavy (non-hydrogen) atoms. The number of carbonyl (C=O) groups excluding carboxylic acids is 1. The molecule has 1 aliphatic carbocycles. The summed E-state index contributed by atoms with van der Waals surface area (Å²) in [6, 6.07) is 9.16. The van der Waals surface area contributed by atoms with Crippen LogP contribution in [0.2, 0.25) is 0 Å². The Balaban J connectivity index is 1.62. The first kappa shape index (κ1) is 19.5. The number of nitrogens with zero attached hydrogens (tertiary/aromatic N) is 1. The Morgan fingerprint density at radius 3 is 2.44 bits per heavy atom. The summed E-state index contributed by atoms with van der Waals surface area (Å²) in [6.45, 7) is -1.02. The molecule has 4 atom stereocenters. The standard InChI is InChI=1S/C19H23F3N2O3/c20-19(21,22)15-11-24(10-14(15)17(25)26)18(27)23-16-8-4-7-13(16)9-12-5-2-1-3-6-12/h1-3,5-6,13-16H,4,7-11H2,(H,23,27)(H,25,26)/t13?,14-,15-,16?/m1/s1. The molecule has 2 aliphatic rings. The lowest BCUT2D eigenvalue weighted by atomic mass is 9.95. The number of amides is 2. The van der Waals surface area contributed by atoms with E-state index in [1.807, 2.05) is 30.3 Å². The van der Waals surface area contributed by atoms with E-state index in [1.165, 1.54) is 0 Å². The van der Waals surface area contributed by atoms with E-state index < -0.39 is 43.1 Å².